The number of halogens is 3. The van der Waals surface area contributed by atoms with Gasteiger partial charge in [-0.1, -0.05) is 30.1 Å². The Hall–Kier alpha value is -2.11. The maximum Gasteiger partial charge on any atom is 0.274 e. The Balaban J connectivity index is 2.06. The van der Waals surface area contributed by atoms with Crippen LogP contribution in [0.3, 0.4) is 0 Å². The van der Waals surface area contributed by atoms with Crippen molar-refractivity contribution in [2.24, 2.45) is 0 Å². The first kappa shape index (κ1) is 15.8. The second-order valence-electron chi connectivity index (χ2n) is 4.91. The summed E-state index contributed by atoms with van der Waals surface area (Å²) in [5.41, 5.74) is 1.74. The van der Waals surface area contributed by atoms with Gasteiger partial charge in [-0.3, -0.25) is 9.20 Å². The van der Waals surface area contributed by atoms with E-state index in [9.17, 15) is 9.18 Å². The number of carbonyl (C=O) groups excluding carboxylic acids is 1. The second-order valence-corrected chi connectivity index (χ2v) is 5.76. The molecule has 0 spiro atoms. The average Bonchev–Trinajstić information content (AvgIpc) is 2.88. The molecular weight excluding hydrogens is 340 g/mol. The number of nitrogens with zero attached hydrogens (tertiary/aromatic N) is 2. The molecule has 0 aliphatic heterocycles. The van der Waals surface area contributed by atoms with Gasteiger partial charge >= 0.3 is 0 Å². The fourth-order valence-corrected chi connectivity index (χ4v) is 2.67. The molecule has 0 saturated carbocycles. The lowest BCUT2D eigenvalue weighted by atomic mass is 10.2. The first-order valence-electron chi connectivity index (χ1n) is 6.92. The molecule has 7 heteroatoms. The van der Waals surface area contributed by atoms with Crippen LogP contribution in [0.4, 0.5) is 10.1 Å². The van der Waals surface area contributed by atoms with Crippen LogP contribution in [0.25, 0.3) is 5.65 Å². The molecule has 0 aliphatic carbocycles. The fraction of sp³-hybridized carbons (Fsp3) is 0.125. The van der Waals surface area contributed by atoms with E-state index in [1.807, 2.05) is 6.92 Å². The number of carbonyl (C=O) groups is 1. The molecule has 0 fully saturated rings. The Bertz CT molecular complexity index is 908. The number of rotatable bonds is 3. The van der Waals surface area contributed by atoms with E-state index in [0.29, 0.717) is 33.5 Å². The highest BCUT2D eigenvalue weighted by Crippen LogP contribution is 2.26. The molecule has 3 aromatic rings. The molecule has 0 aliphatic rings. The first-order valence-corrected chi connectivity index (χ1v) is 7.68. The van der Waals surface area contributed by atoms with Gasteiger partial charge in [-0.05, 0) is 36.8 Å². The molecule has 0 atom stereocenters. The summed E-state index contributed by atoms with van der Waals surface area (Å²) in [7, 11) is 0. The molecular formula is C16H12Cl2FN3O. The highest BCUT2D eigenvalue weighted by Gasteiger charge is 2.19. The number of fused-ring (bicyclic) bond motifs is 1. The molecule has 118 valence electrons. The van der Waals surface area contributed by atoms with Gasteiger partial charge in [-0.25, -0.2) is 9.37 Å². The van der Waals surface area contributed by atoms with Crippen molar-refractivity contribution in [3.8, 4) is 0 Å². The molecule has 1 N–H and O–H groups in total. The zero-order valence-electron chi connectivity index (χ0n) is 12.1. The highest BCUT2D eigenvalue weighted by molar-refractivity contribution is 6.35. The van der Waals surface area contributed by atoms with E-state index < -0.39 is 11.7 Å². The molecule has 2 heterocycles. The van der Waals surface area contributed by atoms with Crippen LogP contribution in [-0.2, 0) is 6.42 Å². The van der Waals surface area contributed by atoms with Crippen molar-refractivity contribution in [1.82, 2.24) is 9.38 Å². The number of aromatic nitrogens is 2. The molecule has 4 nitrogen and oxygen atoms in total. The molecule has 3 rings (SSSR count). The minimum Gasteiger partial charge on any atom is -0.319 e. The number of pyridine rings is 1. The number of hydrogen-bond acceptors (Lipinski definition) is 2. The third-order valence-corrected chi connectivity index (χ3v) is 3.95. The number of nitrogens with one attached hydrogen (secondary N) is 1. The van der Waals surface area contributed by atoms with Crippen LogP contribution in [0, 0.1) is 5.82 Å². The van der Waals surface area contributed by atoms with Gasteiger partial charge in [-0.15, -0.1) is 0 Å². The zero-order chi connectivity index (χ0) is 16.6. The third kappa shape index (κ3) is 3.02. The molecule has 0 bridgehead atoms. The normalized spacial score (nSPS) is 11.0. The van der Waals surface area contributed by atoms with Crippen molar-refractivity contribution in [3.63, 3.8) is 0 Å². The molecule has 1 amide bonds. The summed E-state index contributed by atoms with van der Waals surface area (Å²) in [5, 5.41) is 3.51. The van der Waals surface area contributed by atoms with Gasteiger partial charge in [0, 0.05) is 11.2 Å². The van der Waals surface area contributed by atoms with Gasteiger partial charge in [0.15, 0.2) is 0 Å². The summed E-state index contributed by atoms with van der Waals surface area (Å²) >= 11 is 12.0. The Morgan fingerprint density at radius 1 is 1.30 bits per heavy atom. The lowest BCUT2D eigenvalue weighted by Crippen LogP contribution is -2.16. The predicted molar refractivity (Wildman–Crippen MR) is 88.9 cm³/mol. The van der Waals surface area contributed by atoms with Crippen molar-refractivity contribution in [1.29, 1.82) is 0 Å². The maximum absolute atomic E-state index is 13.5. The van der Waals surface area contributed by atoms with Crippen LogP contribution < -0.4 is 5.32 Å². The van der Waals surface area contributed by atoms with E-state index in [4.69, 9.17) is 23.2 Å². The van der Waals surface area contributed by atoms with E-state index in [-0.39, 0.29) is 5.69 Å². The molecule has 2 aromatic heterocycles. The minimum absolute atomic E-state index is 0.276. The van der Waals surface area contributed by atoms with Gasteiger partial charge in [-0.2, -0.15) is 0 Å². The van der Waals surface area contributed by atoms with Gasteiger partial charge in [0.25, 0.3) is 5.91 Å². The Kier molecular flexibility index (Phi) is 4.24. The summed E-state index contributed by atoms with van der Waals surface area (Å²) in [6.07, 6.45) is 1.77. The van der Waals surface area contributed by atoms with Gasteiger partial charge in [0.1, 0.15) is 17.2 Å². The van der Waals surface area contributed by atoms with Crippen LogP contribution in [0.1, 0.15) is 23.1 Å². The van der Waals surface area contributed by atoms with E-state index in [2.05, 4.69) is 10.3 Å². The minimum atomic E-state index is -0.451. The Morgan fingerprint density at radius 3 is 2.83 bits per heavy atom. The summed E-state index contributed by atoms with van der Waals surface area (Å²) in [5.74, 6) is -0.878. The zero-order valence-corrected chi connectivity index (χ0v) is 13.6. The van der Waals surface area contributed by atoms with E-state index in [1.165, 1.54) is 22.7 Å². The van der Waals surface area contributed by atoms with Crippen LogP contribution in [0.5, 0.6) is 0 Å². The molecule has 1 aromatic carbocycles. The number of imidazole rings is 1. The monoisotopic (exact) mass is 351 g/mol. The summed E-state index contributed by atoms with van der Waals surface area (Å²) < 4.78 is 15.0. The molecule has 0 unspecified atom stereocenters. The third-order valence-electron chi connectivity index (χ3n) is 3.38. The lowest BCUT2D eigenvalue weighted by molar-refractivity contribution is 0.102. The molecule has 0 radical (unpaired) electrons. The Morgan fingerprint density at radius 2 is 2.09 bits per heavy atom. The van der Waals surface area contributed by atoms with Crippen LogP contribution in [0.15, 0.2) is 36.5 Å². The molecule has 23 heavy (non-hydrogen) atoms. The number of anilines is 1. The second kappa shape index (κ2) is 6.18. The first-order chi connectivity index (χ1) is 11.0. The number of hydrogen-bond donors (Lipinski definition) is 1. The topological polar surface area (TPSA) is 46.4 Å². The van der Waals surface area contributed by atoms with Gasteiger partial charge < -0.3 is 5.32 Å². The standard InChI is InChI=1S/C16H12Cl2FN3O/c1-2-12-15(22-8-10(19)4-6-14(22)20-12)16(23)21-13-7-9(17)3-5-11(13)18/h3-8H,2H2,1H3,(H,21,23). The number of amides is 1. The summed E-state index contributed by atoms with van der Waals surface area (Å²) in [6.45, 7) is 1.88. The van der Waals surface area contributed by atoms with Gasteiger partial charge in [0.2, 0.25) is 0 Å². The van der Waals surface area contributed by atoms with Crippen molar-refractivity contribution >= 4 is 40.4 Å². The van der Waals surface area contributed by atoms with E-state index >= 15 is 0 Å². The van der Waals surface area contributed by atoms with Crippen molar-refractivity contribution in [3.05, 3.63) is 63.8 Å². The SMILES string of the molecule is CCc1nc2ccc(F)cn2c1C(=O)Nc1cc(Cl)ccc1Cl. The number of aryl methyl sites for hydroxylation is 1. The largest absolute Gasteiger partial charge is 0.319 e. The van der Waals surface area contributed by atoms with Crippen molar-refractivity contribution in [2.45, 2.75) is 13.3 Å². The van der Waals surface area contributed by atoms with Crippen LogP contribution in [-0.4, -0.2) is 15.3 Å². The highest BCUT2D eigenvalue weighted by atomic mass is 35.5. The van der Waals surface area contributed by atoms with Crippen LogP contribution >= 0.6 is 23.2 Å². The average molecular weight is 352 g/mol. The summed E-state index contributed by atoms with van der Waals surface area (Å²) in [4.78, 5) is 17.0. The van der Waals surface area contributed by atoms with E-state index in [0.717, 1.165) is 0 Å². The smallest absolute Gasteiger partial charge is 0.274 e. The maximum atomic E-state index is 13.5. The predicted octanol–water partition coefficient (Wildman–Crippen LogP) is 4.59. The lowest BCUT2D eigenvalue weighted by Gasteiger charge is -2.09. The summed E-state index contributed by atoms with van der Waals surface area (Å²) in [6, 6.07) is 7.60. The number of benzene rings is 1. The quantitative estimate of drug-likeness (QED) is 0.749. The molecule has 0 saturated heterocycles. The fourth-order valence-electron chi connectivity index (χ4n) is 2.33. The van der Waals surface area contributed by atoms with Crippen LogP contribution in [0.2, 0.25) is 10.0 Å². The van der Waals surface area contributed by atoms with E-state index in [1.54, 1.807) is 18.2 Å². The van der Waals surface area contributed by atoms with Gasteiger partial charge in [0.05, 0.1) is 16.4 Å². The Labute approximate surface area is 141 Å². The van der Waals surface area contributed by atoms with Crippen molar-refractivity contribution < 1.29 is 9.18 Å². The van der Waals surface area contributed by atoms with Crippen molar-refractivity contribution in [2.75, 3.05) is 5.32 Å².